The maximum Gasteiger partial charge on any atom is 0.224 e. The molecular formula is C17H18N4O2. The summed E-state index contributed by atoms with van der Waals surface area (Å²) in [7, 11) is 0. The van der Waals surface area contributed by atoms with Gasteiger partial charge in [0.1, 0.15) is 17.4 Å². The maximum absolute atomic E-state index is 12.1. The van der Waals surface area contributed by atoms with Gasteiger partial charge >= 0.3 is 0 Å². The molecule has 4 rings (SSSR count). The highest BCUT2D eigenvalue weighted by molar-refractivity contribution is 6.05. The van der Waals surface area contributed by atoms with Crippen molar-refractivity contribution in [2.45, 2.75) is 19.3 Å². The lowest BCUT2D eigenvalue weighted by Crippen LogP contribution is -2.29. The Hall–Kier alpha value is -2.63. The first-order valence-electron chi connectivity index (χ1n) is 7.97. The molecular weight excluding hydrogens is 292 g/mol. The zero-order valence-electron chi connectivity index (χ0n) is 12.8. The molecule has 23 heavy (non-hydrogen) atoms. The van der Waals surface area contributed by atoms with Crippen molar-refractivity contribution in [1.29, 1.82) is 0 Å². The van der Waals surface area contributed by atoms with Crippen LogP contribution in [0.3, 0.4) is 0 Å². The molecule has 6 heteroatoms. The Labute approximate surface area is 133 Å². The molecule has 1 aromatic carbocycles. The highest BCUT2D eigenvalue weighted by Crippen LogP contribution is 2.30. The second-order valence-electron chi connectivity index (χ2n) is 5.76. The molecule has 3 aromatic rings. The van der Waals surface area contributed by atoms with Gasteiger partial charge in [-0.2, -0.15) is 0 Å². The average molecular weight is 310 g/mol. The zero-order valence-corrected chi connectivity index (χ0v) is 12.8. The smallest absolute Gasteiger partial charge is 0.224 e. The van der Waals surface area contributed by atoms with Gasteiger partial charge in [-0.1, -0.05) is 12.1 Å². The van der Waals surface area contributed by atoms with Crippen molar-refractivity contribution in [2.24, 2.45) is 0 Å². The van der Waals surface area contributed by atoms with E-state index in [1.807, 2.05) is 29.2 Å². The molecule has 0 bridgehead atoms. The molecule has 1 aliphatic heterocycles. The van der Waals surface area contributed by atoms with Crippen LogP contribution in [0, 0.1) is 0 Å². The number of para-hydroxylation sites is 1. The summed E-state index contributed by atoms with van der Waals surface area (Å²) in [4.78, 5) is 22.6. The number of amides is 1. The highest BCUT2D eigenvalue weighted by Gasteiger charge is 2.18. The predicted octanol–water partition coefficient (Wildman–Crippen LogP) is 2.80. The highest BCUT2D eigenvalue weighted by atomic mass is 16.3. The summed E-state index contributed by atoms with van der Waals surface area (Å²) in [6.45, 7) is 2.32. The molecule has 0 saturated carbocycles. The largest absolute Gasteiger partial charge is 0.450 e. The third-order valence-electron chi connectivity index (χ3n) is 4.25. The zero-order chi connectivity index (χ0) is 15.6. The predicted molar refractivity (Wildman–Crippen MR) is 88.2 cm³/mol. The number of carbonyl (C=O) groups is 1. The SMILES string of the molecule is O=C(CCNc1ncnc2c1oc1ccccc12)N1CCCC1. The lowest BCUT2D eigenvalue weighted by molar-refractivity contribution is -0.129. The Balaban J connectivity index is 1.51. The molecule has 1 amide bonds. The minimum Gasteiger partial charge on any atom is -0.450 e. The first-order chi connectivity index (χ1) is 11.3. The molecule has 1 aliphatic rings. The molecule has 0 radical (unpaired) electrons. The van der Waals surface area contributed by atoms with E-state index in [1.165, 1.54) is 6.33 Å². The lowest BCUT2D eigenvalue weighted by Gasteiger charge is -2.15. The Morgan fingerprint density at radius 2 is 2.04 bits per heavy atom. The third-order valence-corrected chi connectivity index (χ3v) is 4.25. The summed E-state index contributed by atoms with van der Waals surface area (Å²) in [6.07, 6.45) is 4.22. The van der Waals surface area contributed by atoms with Crippen LogP contribution < -0.4 is 5.32 Å². The third kappa shape index (κ3) is 2.60. The van der Waals surface area contributed by atoms with E-state index in [-0.39, 0.29) is 5.91 Å². The van der Waals surface area contributed by atoms with Gasteiger partial charge in [0.2, 0.25) is 5.91 Å². The topological polar surface area (TPSA) is 71.3 Å². The molecule has 2 aromatic heterocycles. The van der Waals surface area contributed by atoms with Gasteiger partial charge in [-0.3, -0.25) is 4.79 Å². The molecule has 0 unspecified atom stereocenters. The standard InChI is InChI=1S/C17H18N4O2/c22-14(21-9-3-4-10-21)7-8-18-17-16-15(19-11-20-17)12-5-1-2-6-13(12)23-16/h1-2,5-6,11H,3-4,7-10H2,(H,18,19,20). The number of anilines is 1. The summed E-state index contributed by atoms with van der Waals surface area (Å²) in [5.74, 6) is 0.838. The lowest BCUT2D eigenvalue weighted by atomic mass is 10.2. The average Bonchev–Trinajstić information content (AvgIpc) is 3.23. The van der Waals surface area contributed by atoms with Crippen molar-refractivity contribution in [3.8, 4) is 0 Å². The van der Waals surface area contributed by atoms with E-state index in [0.29, 0.717) is 24.4 Å². The second kappa shape index (κ2) is 5.87. The second-order valence-corrected chi connectivity index (χ2v) is 5.76. The van der Waals surface area contributed by atoms with Crippen LogP contribution in [0.4, 0.5) is 5.82 Å². The minimum atomic E-state index is 0.199. The number of rotatable bonds is 4. The number of aromatic nitrogens is 2. The maximum atomic E-state index is 12.1. The molecule has 3 heterocycles. The summed E-state index contributed by atoms with van der Waals surface area (Å²) in [5.41, 5.74) is 2.23. The van der Waals surface area contributed by atoms with Gasteiger partial charge in [0.25, 0.3) is 0 Å². The van der Waals surface area contributed by atoms with Gasteiger partial charge in [-0.05, 0) is 25.0 Å². The van der Waals surface area contributed by atoms with Crippen LogP contribution in [0.5, 0.6) is 0 Å². The fraction of sp³-hybridized carbons (Fsp3) is 0.353. The number of hydrogen-bond acceptors (Lipinski definition) is 5. The number of nitrogens with one attached hydrogen (secondary N) is 1. The van der Waals surface area contributed by atoms with Crippen LogP contribution >= 0.6 is 0 Å². The molecule has 1 fully saturated rings. The van der Waals surface area contributed by atoms with Gasteiger partial charge in [0.05, 0.1) is 0 Å². The van der Waals surface area contributed by atoms with E-state index < -0.39 is 0 Å². The number of nitrogens with zero attached hydrogens (tertiary/aromatic N) is 3. The van der Waals surface area contributed by atoms with Gasteiger partial charge in [-0.15, -0.1) is 0 Å². The summed E-state index contributed by atoms with van der Waals surface area (Å²) >= 11 is 0. The van der Waals surface area contributed by atoms with Gasteiger partial charge in [-0.25, -0.2) is 9.97 Å². The van der Waals surface area contributed by atoms with Crippen LogP contribution in [-0.4, -0.2) is 40.4 Å². The van der Waals surface area contributed by atoms with E-state index >= 15 is 0 Å². The van der Waals surface area contributed by atoms with Crippen molar-refractivity contribution in [2.75, 3.05) is 25.0 Å². The first kappa shape index (κ1) is 14.0. The Kier molecular flexibility index (Phi) is 3.57. The van der Waals surface area contributed by atoms with E-state index in [1.54, 1.807) is 0 Å². The normalized spacial score (nSPS) is 14.7. The summed E-state index contributed by atoms with van der Waals surface area (Å²) in [6, 6.07) is 7.79. The molecule has 1 saturated heterocycles. The van der Waals surface area contributed by atoms with Gasteiger partial charge < -0.3 is 14.6 Å². The number of fused-ring (bicyclic) bond motifs is 3. The van der Waals surface area contributed by atoms with E-state index in [4.69, 9.17) is 4.42 Å². The van der Waals surface area contributed by atoms with Crippen molar-refractivity contribution in [3.05, 3.63) is 30.6 Å². The first-order valence-corrected chi connectivity index (χ1v) is 7.97. The molecule has 118 valence electrons. The molecule has 0 spiro atoms. The van der Waals surface area contributed by atoms with E-state index in [9.17, 15) is 4.79 Å². The molecule has 0 aliphatic carbocycles. The fourth-order valence-electron chi connectivity index (χ4n) is 3.06. The number of benzene rings is 1. The van der Waals surface area contributed by atoms with Crippen molar-refractivity contribution in [1.82, 2.24) is 14.9 Å². The number of furan rings is 1. The van der Waals surface area contributed by atoms with Crippen molar-refractivity contribution >= 4 is 33.8 Å². The van der Waals surface area contributed by atoms with E-state index in [0.717, 1.165) is 42.4 Å². The molecule has 6 nitrogen and oxygen atoms in total. The molecule has 1 N–H and O–H groups in total. The summed E-state index contributed by atoms with van der Waals surface area (Å²) < 4.78 is 5.86. The van der Waals surface area contributed by atoms with Crippen LogP contribution in [0.2, 0.25) is 0 Å². The van der Waals surface area contributed by atoms with Crippen molar-refractivity contribution in [3.63, 3.8) is 0 Å². The minimum absolute atomic E-state index is 0.199. The monoisotopic (exact) mass is 310 g/mol. The van der Waals surface area contributed by atoms with Crippen molar-refractivity contribution < 1.29 is 9.21 Å². The van der Waals surface area contributed by atoms with Crippen LogP contribution in [-0.2, 0) is 4.79 Å². The quantitative estimate of drug-likeness (QED) is 0.802. The Morgan fingerprint density at radius 3 is 2.91 bits per heavy atom. The van der Waals surface area contributed by atoms with Gasteiger partial charge in [0.15, 0.2) is 11.4 Å². The Morgan fingerprint density at radius 1 is 1.22 bits per heavy atom. The number of likely N-dealkylation sites (tertiary alicyclic amines) is 1. The van der Waals surface area contributed by atoms with Gasteiger partial charge in [0, 0.05) is 31.4 Å². The fourth-order valence-corrected chi connectivity index (χ4v) is 3.06. The van der Waals surface area contributed by atoms with Crippen LogP contribution in [0.1, 0.15) is 19.3 Å². The number of hydrogen-bond donors (Lipinski definition) is 1. The molecule has 0 atom stereocenters. The van der Waals surface area contributed by atoms with E-state index in [2.05, 4.69) is 15.3 Å². The van der Waals surface area contributed by atoms with Crippen LogP contribution in [0.15, 0.2) is 35.0 Å². The Bertz CT molecular complexity index is 852. The van der Waals surface area contributed by atoms with Crippen LogP contribution in [0.25, 0.3) is 22.1 Å². The summed E-state index contributed by atoms with van der Waals surface area (Å²) in [5, 5.41) is 4.18. The number of carbonyl (C=O) groups excluding carboxylic acids is 1.